The molecule has 0 saturated heterocycles. The van der Waals surface area contributed by atoms with Gasteiger partial charge < -0.3 is 33.4 Å². The second-order valence-electron chi connectivity index (χ2n) is 16.6. The van der Waals surface area contributed by atoms with Crippen molar-refractivity contribution in [3.63, 3.8) is 0 Å². The van der Waals surface area contributed by atoms with Crippen LogP contribution in [0.25, 0.3) is 10.4 Å². The molecule has 0 fully saturated rings. The van der Waals surface area contributed by atoms with Crippen molar-refractivity contribution >= 4 is 101 Å². The van der Waals surface area contributed by atoms with E-state index in [-0.39, 0.29) is 23.0 Å². The molecule has 0 aliphatic rings. The van der Waals surface area contributed by atoms with Crippen LogP contribution in [0.4, 0.5) is 22.7 Å². The van der Waals surface area contributed by atoms with Gasteiger partial charge in [-0.2, -0.15) is 0 Å². The van der Waals surface area contributed by atoms with Gasteiger partial charge in [0, 0.05) is 32.1 Å². The Hall–Kier alpha value is -5.80. The smallest absolute Gasteiger partial charge is 0.231 e. The molecule has 6 rings (SSSR count). The number of nitrogens with zero attached hydrogens (tertiary/aromatic N) is 4. The quantitative estimate of drug-likeness (QED) is 0.00998. The van der Waals surface area contributed by atoms with Gasteiger partial charge >= 0.3 is 0 Å². The zero-order valence-corrected chi connectivity index (χ0v) is 45.5. The van der Waals surface area contributed by atoms with Gasteiger partial charge in [0.25, 0.3) is 0 Å². The van der Waals surface area contributed by atoms with Gasteiger partial charge in [0.1, 0.15) is 0 Å². The highest BCUT2D eigenvalue weighted by atomic mass is 79.9. The summed E-state index contributed by atoms with van der Waals surface area (Å²) in [5, 5.41) is 16.2. The third-order valence-electron chi connectivity index (χ3n) is 10.2. The molecule has 0 radical (unpaired) electrons. The number of benzene rings is 6. The first-order valence-electron chi connectivity index (χ1n) is 22.1. The highest BCUT2D eigenvalue weighted by Gasteiger charge is 2.18. The van der Waals surface area contributed by atoms with E-state index in [9.17, 15) is 9.59 Å². The molecule has 2 atom stereocenters. The molecule has 6 aromatic rings. The second-order valence-corrected chi connectivity index (χ2v) is 19.6. The van der Waals surface area contributed by atoms with Crippen molar-refractivity contribution in [2.75, 3.05) is 21.7 Å². The molecule has 6 aromatic carbocycles. The number of carbonyl (C=O) groups is 2. The number of nitrogens with two attached hydrogens (primary N) is 3. The lowest BCUT2D eigenvalue weighted by atomic mass is 9.96. The maximum Gasteiger partial charge on any atom is 0.231 e. The van der Waals surface area contributed by atoms with Crippen LogP contribution >= 0.6 is 66.7 Å². The molecular weight excluding hydrogens is 1080 g/mol. The summed E-state index contributed by atoms with van der Waals surface area (Å²) < 4.78 is 1.87. The molecular formula is C52H62Br2Cl3N11O2. The molecule has 2 unspecified atom stereocenters. The lowest BCUT2D eigenvalue weighted by Crippen LogP contribution is -2.20. The van der Waals surface area contributed by atoms with Crippen molar-refractivity contribution in [2.45, 2.75) is 79.3 Å². The topological polar surface area (TPSA) is 233 Å². The minimum atomic E-state index is -0.299. The molecule has 70 heavy (non-hydrogen) atoms. The predicted molar refractivity (Wildman–Crippen MR) is 299 cm³/mol. The van der Waals surface area contributed by atoms with E-state index in [1.165, 1.54) is 11.1 Å². The summed E-state index contributed by atoms with van der Waals surface area (Å²) in [6.45, 7) is 13.8. The standard InChI is InChI=1S/C26H28BrClN2O.C13H12BrClN2.C13H17ClO.H4N4.HN3/c1-17(2)14-19-8-10-20(11-9-19)18(3)26(31)30-25-15-22(27)12-13-24(25)29-16-21-6-4-5-7-23(21)28;14-10-5-6-13(12(16)7-10)17-8-9-3-1-2-4-11(9)15;1-9(2)8-11-4-6-12(7-5-11)10(3)13(14)15;1-3-4-2;1-3-2/h4-13,15,17-18,29H,14,16H2,1-3H3,(H,30,31);1-7,17H,8,16H2;4-7,9-10H,8H2,1-3H3;(H2,1,4)(H2,2,3);1H. The maximum atomic E-state index is 13.0. The molecule has 0 saturated carbocycles. The molecule has 0 spiro atoms. The molecule has 0 heterocycles. The van der Waals surface area contributed by atoms with Crippen LogP contribution in [0.1, 0.15) is 86.8 Å². The van der Waals surface area contributed by atoms with Gasteiger partial charge in [0.05, 0.1) is 34.6 Å². The van der Waals surface area contributed by atoms with Crippen molar-refractivity contribution in [3.05, 3.63) is 196 Å². The first-order chi connectivity index (χ1) is 33.3. The van der Waals surface area contributed by atoms with E-state index in [2.05, 4.69) is 134 Å². The second kappa shape index (κ2) is 32.9. The lowest BCUT2D eigenvalue weighted by molar-refractivity contribution is -0.117. The van der Waals surface area contributed by atoms with Gasteiger partial charge in [-0.1, -0.05) is 185 Å². The number of anilines is 4. The van der Waals surface area contributed by atoms with Crippen molar-refractivity contribution in [1.82, 2.24) is 0 Å². The average molecular weight is 1140 g/mol. The molecule has 0 aromatic heterocycles. The Morgan fingerprint density at radius 1 is 0.629 bits per heavy atom. The van der Waals surface area contributed by atoms with Crippen LogP contribution in [0.2, 0.25) is 10.0 Å². The number of amides is 1. The van der Waals surface area contributed by atoms with Gasteiger partial charge in [0.2, 0.25) is 11.1 Å². The average Bonchev–Trinajstić information content (AvgIpc) is 3.32. The number of halogens is 5. The van der Waals surface area contributed by atoms with Crippen LogP contribution in [-0.2, 0) is 35.5 Å². The van der Waals surface area contributed by atoms with Crippen LogP contribution in [0, 0.1) is 17.4 Å². The number of hydrogen-bond acceptors (Lipinski definition) is 8. The highest BCUT2D eigenvalue weighted by molar-refractivity contribution is 9.10. The van der Waals surface area contributed by atoms with E-state index in [1.54, 1.807) is 4.91 Å². The van der Waals surface area contributed by atoms with Crippen LogP contribution in [0.5, 0.6) is 0 Å². The van der Waals surface area contributed by atoms with Crippen LogP contribution in [0.3, 0.4) is 0 Å². The lowest BCUT2D eigenvalue weighted by Gasteiger charge is -2.17. The molecule has 13 nitrogen and oxygen atoms in total. The molecule has 10 N–H and O–H groups in total. The monoisotopic (exact) mass is 1140 g/mol. The SMILES string of the molecule is CC(C)Cc1ccc(C(C)C(=O)Cl)cc1.CC(C)Cc1ccc(C(C)C(=O)Nc2cc(Br)ccc2NCc2ccccc2Cl)cc1.N/N=N/N.Nc1cc(Br)ccc1NCc1ccccc1Cl.[N-]=[N+]=N. The fraction of sp³-hybridized carbons (Fsp3) is 0.269. The third-order valence-corrected chi connectivity index (χ3v) is 12.2. The van der Waals surface area contributed by atoms with E-state index in [0.717, 1.165) is 66.1 Å². The number of carbonyl (C=O) groups excluding carboxylic acids is 2. The summed E-state index contributed by atoms with van der Waals surface area (Å²) in [4.78, 5) is 25.7. The summed E-state index contributed by atoms with van der Waals surface area (Å²) in [5.41, 5.74) is 28.0. The van der Waals surface area contributed by atoms with Gasteiger partial charge in [-0.25, -0.2) is 0 Å². The Morgan fingerprint density at radius 2 is 1.03 bits per heavy atom. The first kappa shape index (κ1) is 60.3. The summed E-state index contributed by atoms with van der Waals surface area (Å²) in [6, 6.07) is 43.5. The van der Waals surface area contributed by atoms with Crippen LogP contribution < -0.4 is 33.4 Å². The molecule has 18 heteroatoms. The summed E-state index contributed by atoms with van der Waals surface area (Å²) in [6.07, 6.45) is 2.11. The fourth-order valence-corrected chi connectivity index (χ4v) is 7.75. The maximum absolute atomic E-state index is 13.0. The highest BCUT2D eigenvalue weighted by Crippen LogP contribution is 2.30. The fourth-order valence-electron chi connectivity index (χ4n) is 6.48. The first-order valence-corrected chi connectivity index (χ1v) is 24.8. The van der Waals surface area contributed by atoms with Gasteiger partial charge in [-0.3, -0.25) is 9.59 Å². The van der Waals surface area contributed by atoms with Crippen molar-refractivity contribution in [1.29, 1.82) is 5.53 Å². The molecule has 1 amide bonds. The number of rotatable bonds is 15. The Balaban J connectivity index is 0.000000363. The Bertz CT molecular complexity index is 2590. The molecule has 0 aliphatic heterocycles. The molecule has 0 aliphatic carbocycles. The molecule has 372 valence electrons. The van der Waals surface area contributed by atoms with Crippen LogP contribution in [-0.4, -0.2) is 11.1 Å². The summed E-state index contributed by atoms with van der Waals surface area (Å²) in [5.74, 6) is 9.47. The molecule has 0 bridgehead atoms. The Morgan fingerprint density at radius 3 is 1.43 bits per heavy atom. The minimum absolute atomic E-state index is 0.0458. The zero-order valence-electron chi connectivity index (χ0n) is 40.1. The van der Waals surface area contributed by atoms with E-state index in [0.29, 0.717) is 35.6 Å². The number of hydrogen-bond donors (Lipinski definition) is 7. The normalized spacial score (nSPS) is 11.2. The number of nitrogen functional groups attached to an aromatic ring is 1. The van der Waals surface area contributed by atoms with E-state index in [4.69, 9.17) is 51.6 Å². The van der Waals surface area contributed by atoms with E-state index < -0.39 is 0 Å². The third kappa shape index (κ3) is 22.7. The van der Waals surface area contributed by atoms with Crippen LogP contribution in [0.15, 0.2) is 153 Å². The predicted octanol–water partition coefficient (Wildman–Crippen LogP) is 15.8. The van der Waals surface area contributed by atoms with Gasteiger partial charge in [-0.05, 0) is 136 Å². The number of nitrogens with one attached hydrogen (secondary N) is 4. The van der Waals surface area contributed by atoms with E-state index >= 15 is 0 Å². The zero-order chi connectivity index (χ0) is 52.2. The Kier molecular flexibility index (Phi) is 28.4. The van der Waals surface area contributed by atoms with Crippen molar-refractivity contribution < 1.29 is 9.59 Å². The largest absolute Gasteiger partial charge is 0.397 e. The summed E-state index contributed by atoms with van der Waals surface area (Å²) in [7, 11) is 0. The van der Waals surface area contributed by atoms with Crippen molar-refractivity contribution in [2.24, 2.45) is 34.0 Å². The summed E-state index contributed by atoms with van der Waals surface area (Å²) >= 11 is 24.7. The Labute approximate surface area is 444 Å². The van der Waals surface area contributed by atoms with Gasteiger partial charge in [-0.15, -0.1) is 5.53 Å². The minimum Gasteiger partial charge on any atom is -0.397 e. The van der Waals surface area contributed by atoms with E-state index in [1.807, 2.05) is 111 Å². The van der Waals surface area contributed by atoms with Gasteiger partial charge in [0.15, 0.2) is 0 Å². The van der Waals surface area contributed by atoms with Crippen molar-refractivity contribution in [3.8, 4) is 0 Å².